The van der Waals surface area contributed by atoms with Gasteiger partial charge in [0.2, 0.25) is 10.0 Å². The highest BCUT2D eigenvalue weighted by atomic mass is 35.5. The lowest BCUT2D eigenvalue weighted by molar-refractivity contribution is -0.152. The second-order valence-corrected chi connectivity index (χ2v) is 8.85. The Labute approximate surface area is 173 Å². The summed E-state index contributed by atoms with van der Waals surface area (Å²) >= 11 is 5.97. The second kappa shape index (κ2) is 9.34. The van der Waals surface area contributed by atoms with Crippen LogP contribution in [0.5, 0.6) is 0 Å². The van der Waals surface area contributed by atoms with Gasteiger partial charge in [-0.15, -0.1) is 0 Å². The number of sulfonamides is 1. The number of aromatic nitrogens is 1. The number of ether oxygens (including phenoxy) is 1. The molecule has 2 heterocycles. The zero-order valence-electron chi connectivity index (χ0n) is 15.5. The molecule has 1 aliphatic rings. The first kappa shape index (κ1) is 21.2. The molecule has 0 atom stereocenters. The van der Waals surface area contributed by atoms with Crippen LogP contribution >= 0.6 is 11.6 Å². The average Bonchev–Trinajstić information content (AvgIpc) is 2.74. The molecule has 3 rings (SSSR count). The van der Waals surface area contributed by atoms with E-state index in [1.165, 1.54) is 22.8 Å². The smallest absolute Gasteiger partial charge is 0.309 e. The lowest BCUT2D eigenvalue weighted by Crippen LogP contribution is -2.41. The number of piperidine rings is 1. The van der Waals surface area contributed by atoms with Crippen LogP contribution in [-0.4, -0.2) is 49.3 Å². The quantitative estimate of drug-likeness (QED) is 0.695. The first-order valence-electron chi connectivity index (χ1n) is 8.99. The summed E-state index contributed by atoms with van der Waals surface area (Å²) in [6.45, 7) is -0.0378. The minimum absolute atomic E-state index is 0.122. The molecule has 1 aromatic carbocycles. The molecule has 1 aromatic heterocycles. The van der Waals surface area contributed by atoms with Crippen molar-refractivity contribution in [3.63, 3.8) is 0 Å². The van der Waals surface area contributed by atoms with Gasteiger partial charge in [-0.2, -0.15) is 4.31 Å². The molecule has 0 bridgehead atoms. The van der Waals surface area contributed by atoms with E-state index in [-0.39, 0.29) is 18.0 Å². The van der Waals surface area contributed by atoms with Gasteiger partial charge in [0.1, 0.15) is 4.90 Å². The molecule has 154 valence electrons. The summed E-state index contributed by atoms with van der Waals surface area (Å²) in [6.07, 6.45) is 3.45. The summed E-state index contributed by atoms with van der Waals surface area (Å²) in [7, 11) is -3.63. The van der Waals surface area contributed by atoms with Crippen molar-refractivity contribution in [2.45, 2.75) is 17.7 Å². The van der Waals surface area contributed by atoms with E-state index >= 15 is 0 Å². The number of hydrogen-bond donors (Lipinski definition) is 1. The number of anilines is 1. The SMILES string of the molecule is O=C(COC(=O)C1CCN(S(=O)(=O)c2cccnc2)CC1)Nc1ccccc1Cl. The highest BCUT2D eigenvalue weighted by molar-refractivity contribution is 7.89. The maximum atomic E-state index is 12.6. The summed E-state index contributed by atoms with van der Waals surface area (Å²) in [4.78, 5) is 28.2. The number of esters is 1. The van der Waals surface area contributed by atoms with Crippen molar-refractivity contribution in [1.82, 2.24) is 9.29 Å². The van der Waals surface area contributed by atoms with Crippen LogP contribution in [0.3, 0.4) is 0 Å². The molecule has 2 aromatic rings. The Balaban J connectivity index is 1.48. The number of nitrogens with one attached hydrogen (secondary N) is 1. The van der Waals surface area contributed by atoms with E-state index in [0.717, 1.165) is 0 Å². The average molecular weight is 438 g/mol. The molecular weight excluding hydrogens is 418 g/mol. The molecule has 0 spiro atoms. The van der Waals surface area contributed by atoms with Gasteiger partial charge in [0, 0.05) is 25.5 Å². The number of benzene rings is 1. The number of halogens is 1. The first-order chi connectivity index (χ1) is 13.9. The second-order valence-electron chi connectivity index (χ2n) is 6.50. The summed E-state index contributed by atoms with van der Waals surface area (Å²) in [6, 6.07) is 9.78. The number of para-hydroxylation sites is 1. The molecule has 10 heteroatoms. The Bertz CT molecular complexity index is 976. The molecule has 8 nitrogen and oxygen atoms in total. The number of carbonyl (C=O) groups excluding carboxylic acids is 2. The summed E-state index contributed by atoms with van der Waals surface area (Å²) in [5.41, 5.74) is 0.434. The van der Waals surface area contributed by atoms with Crippen LogP contribution in [0.1, 0.15) is 12.8 Å². The molecule has 0 radical (unpaired) electrons. The van der Waals surface area contributed by atoms with Crippen molar-refractivity contribution in [1.29, 1.82) is 0 Å². The van der Waals surface area contributed by atoms with Gasteiger partial charge in [-0.1, -0.05) is 23.7 Å². The van der Waals surface area contributed by atoms with Crippen molar-refractivity contribution in [3.8, 4) is 0 Å². The van der Waals surface area contributed by atoms with E-state index < -0.39 is 34.4 Å². The van der Waals surface area contributed by atoms with Gasteiger partial charge in [0.15, 0.2) is 6.61 Å². The van der Waals surface area contributed by atoms with Crippen molar-refractivity contribution in [2.75, 3.05) is 25.0 Å². The highest BCUT2D eigenvalue weighted by Crippen LogP contribution is 2.24. The number of pyridine rings is 1. The third-order valence-electron chi connectivity index (χ3n) is 4.55. The van der Waals surface area contributed by atoms with Crippen molar-refractivity contribution < 1.29 is 22.7 Å². The van der Waals surface area contributed by atoms with Crippen LogP contribution in [0.25, 0.3) is 0 Å². The third-order valence-corrected chi connectivity index (χ3v) is 6.76. The Morgan fingerprint density at radius 2 is 1.90 bits per heavy atom. The Morgan fingerprint density at radius 1 is 1.17 bits per heavy atom. The van der Waals surface area contributed by atoms with E-state index in [1.807, 2.05) is 0 Å². The highest BCUT2D eigenvalue weighted by Gasteiger charge is 2.33. The van der Waals surface area contributed by atoms with Crippen molar-refractivity contribution in [2.24, 2.45) is 5.92 Å². The van der Waals surface area contributed by atoms with Crippen LogP contribution in [0.15, 0.2) is 53.7 Å². The van der Waals surface area contributed by atoms with Gasteiger partial charge < -0.3 is 10.1 Å². The molecule has 1 aliphatic heterocycles. The third kappa shape index (κ3) is 5.31. The van der Waals surface area contributed by atoms with Gasteiger partial charge in [-0.3, -0.25) is 14.6 Å². The fraction of sp³-hybridized carbons (Fsp3) is 0.316. The predicted octanol–water partition coefficient (Wildman–Crippen LogP) is 2.32. The van der Waals surface area contributed by atoms with Gasteiger partial charge >= 0.3 is 5.97 Å². The van der Waals surface area contributed by atoms with Gasteiger partial charge in [-0.25, -0.2) is 8.42 Å². The lowest BCUT2D eigenvalue weighted by Gasteiger charge is -2.29. The maximum Gasteiger partial charge on any atom is 0.309 e. The molecular formula is C19H20ClN3O5S. The van der Waals surface area contributed by atoms with Gasteiger partial charge in [0.25, 0.3) is 5.91 Å². The fourth-order valence-corrected chi connectivity index (χ4v) is 4.60. The number of rotatable bonds is 6. The van der Waals surface area contributed by atoms with Gasteiger partial charge in [0.05, 0.1) is 16.6 Å². The Morgan fingerprint density at radius 3 is 2.55 bits per heavy atom. The molecule has 29 heavy (non-hydrogen) atoms. The molecule has 1 fully saturated rings. The monoisotopic (exact) mass is 437 g/mol. The molecule has 0 saturated carbocycles. The van der Waals surface area contributed by atoms with Crippen LogP contribution in [-0.2, 0) is 24.3 Å². The van der Waals surface area contributed by atoms with E-state index in [4.69, 9.17) is 16.3 Å². The van der Waals surface area contributed by atoms with Crippen molar-refractivity contribution in [3.05, 3.63) is 53.8 Å². The van der Waals surface area contributed by atoms with Crippen molar-refractivity contribution >= 4 is 39.2 Å². The normalized spacial score (nSPS) is 15.6. The van der Waals surface area contributed by atoms with E-state index in [0.29, 0.717) is 23.6 Å². The predicted molar refractivity (Wildman–Crippen MR) is 107 cm³/mol. The van der Waals surface area contributed by atoms with Crippen LogP contribution in [0.4, 0.5) is 5.69 Å². The molecule has 0 aliphatic carbocycles. The van der Waals surface area contributed by atoms with Crippen LogP contribution < -0.4 is 5.32 Å². The molecule has 1 saturated heterocycles. The number of carbonyl (C=O) groups is 2. The molecule has 1 amide bonds. The van der Waals surface area contributed by atoms with Crippen LogP contribution in [0, 0.1) is 5.92 Å². The molecule has 1 N–H and O–H groups in total. The Kier molecular flexibility index (Phi) is 6.83. The summed E-state index contributed by atoms with van der Waals surface area (Å²) in [5.74, 6) is -1.47. The molecule has 0 unspecified atom stereocenters. The minimum Gasteiger partial charge on any atom is -0.455 e. The number of nitrogens with zero attached hydrogens (tertiary/aromatic N) is 2. The first-order valence-corrected chi connectivity index (χ1v) is 10.8. The number of hydrogen-bond acceptors (Lipinski definition) is 6. The Hall–Kier alpha value is -2.49. The maximum absolute atomic E-state index is 12.6. The minimum atomic E-state index is -3.63. The number of amides is 1. The lowest BCUT2D eigenvalue weighted by atomic mass is 9.98. The van der Waals surface area contributed by atoms with E-state index in [1.54, 1.807) is 30.3 Å². The zero-order chi connectivity index (χ0) is 20.9. The largest absolute Gasteiger partial charge is 0.455 e. The summed E-state index contributed by atoms with van der Waals surface area (Å²) in [5, 5.41) is 2.96. The van der Waals surface area contributed by atoms with E-state index in [2.05, 4.69) is 10.3 Å². The zero-order valence-corrected chi connectivity index (χ0v) is 17.0. The van der Waals surface area contributed by atoms with Crippen LogP contribution in [0.2, 0.25) is 5.02 Å². The topological polar surface area (TPSA) is 106 Å². The van der Waals surface area contributed by atoms with E-state index in [9.17, 15) is 18.0 Å². The van der Waals surface area contributed by atoms with Gasteiger partial charge in [-0.05, 0) is 37.1 Å². The fourth-order valence-electron chi connectivity index (χ4n) is 2.98. The standard InChI is InChI=1S/C19H20ClN3O5S/c20-16-5-1-2-6-17(16)22-18(24)13-28-19(25)14-7-10-23(11-8-14)29(26,27)15-4-3-9-21-12-15/h1-6,9,12,14H,7-8,10-11,13H2,(H,22,24). The summed E-state index contributed by atoms with van der Waals surface area (Å²) < 4.78 is 31.6.